The lowest BCUT2D eigenvalue weighted by Crippen LogP contribution is -2.64. The van der Waals surface area contributed by atoms with E-state index >= 15 is 0 Å². The average Bonchev–Trinajstić information content (AvgIpc) is 3.65. The van der Waals surface area contributed by atoms with Crippen LogP contribution >= 0.6 is 0 Å². The smallest absolute Gasteiger partial charge is 0.270 e. The Morgan fingerprint density at radius 2 is 1.88 bits per heavy atom. The molecule has 5 atom stereocenters. The molecule has 4 aromatic rings. The van der Waals surface area contributed by atoms with Gasteiger partial charge in [-0.3, -0.25) is 9.36 Å². The molecule has 1 spiro atoms. The van der Waals surface area contributed by atoms with Crippen molar-refractivity contribution in [1.29, 1.82) is 0 Å². The number of hydrogen-bond acceptors (Lipinski definition) is 11. The van der Waals surface area contributed by atoms with E-state index in [1.807, 2.05) is 29.0 Å². The van der Waals surface area contributed by atoms with Crippen molar-refractivity contribution in [2.24, 2.45) is 5.92 Å². The number of carbonyl (C=O) groups excluding carboxylic acids is 1. The number of piperidine rings is 1. The second-order valence-electron chi connectivity index (χ2n) is 14.4. The number of pyridine rings is 1. The molecule has 3 aliphatic heterocycles. The zero-order chi connectivity index (χ0) is 33.8. The molecular formula is C36H41N9O4. The summed E-state index contributed by atoms with van der Waals surface area (Å²) in [6, 6.07) is 7.65. The van der Waals surface area contributed by atoms with E-state index in [1.54, 1.807) is 31.3 Å². The van der Waals surface area contributed by atoms with Crippen LogP contribution in [-0.2, 0) is 11.8 Å². The van der Waals surface area contributed by atoms with Gasteiger partial charge in [-0.05, 0) is 57.2 Å². The van der Waals surface area contributed by atoms with E-state index in [-0.39, 0.29) is 23.6 Å². The zero-order valence-corrected chi connectivity index (χ0v) is 28.2. The van der Waals surface area contributed by atoms with Crippen molar-refractivity contribution in [3.8, 4) is 17.2 Å². The van der Waals surface area contributed by atoms with E-state index in [4.69, 9.17) is 9.72 Å². The largest absolute Gasteiger partial charge is 0.504 e. The molecule has 2 fully saturated rings. The molecule has 9 rings (SSSR count). The Balaban J connectivity index is 1.17. The molecule has 0 unspecified atom stereocenters. The number of aliphatic hydroxyl groups is 1. The van der Waals surface area contributed by atoms with Crippen molar-refractivity contribution in [3.63, 3.8) is 0 Å². The zero-order valence-electron chi connectivity index (χ0n) is 28.2. The minimum absolute atomic E-state index is 0.0111. The van der Waals surface area contributed by atoms with Crippen molar-refractivity contribution in [2.45, 2.75) is 36.5 Å². The standard InChI is InChI=1S/C36H41N9O4/c1-41(2)34(48)26-15-20-18-38-35(39-29-8-5-21(19-37-29)44-13-11-42(3)12-14-44)40-33(20)45(26)24-17-28(47)31-30-22(24)16-25-23-6-7-27(46)32(49-31)36(23,30)9-10-43(25)4/h5-8,15,17-19,23,25,27,32,46-47H,9-14,16H2,1-4H3,(H,37,38,39,40)/t23-,25+,27-,32-,36-/m0/s1. The van der Waals surface area contributed by atoms with Gasteiger partial charge in [0.15, 0.2) is 17.1 Å². The summed E-state index contributed by atoms with van der Waals surface area (Å²) < 4.78 is 8.33. The fraction of sp³-hybridized carbons (Fsp3) is 0.444. The van der Waals surface area contributed by atoms with Crippen LogP contribution in [0.1, 0.15) is 28.0 Å². The summed E-state index contributed by atoms with van der Waals surface area (Å²) in [6.45, 7) is 4.80. The van der Waals surface area contributed by atoms with E-state index in [2.05, 4.69) is 56.2 Å². The maximum Gasteiger partial charge on any atom is 0.270 e. The van der Waals surface area contributed by atoms with Crippen molar-refractivity contribution < 1.29 is 19.7 Å². The van der Waals surface area contributed by atoms with E-state index in [0.717, 1.165) is 56.0 Å². The number of phenols is 1. The third kappa shape index (κ3) is 4.41. The van der Waals surface area contributed by atoms with Gasteiger partial charge in [0.2, 0.25) is 5.95 Å². The predicted molar refractivity (Wildman–Crippen MR) is 185 cm³/mol. The van der Waals surface area contributed by atoms with Crippen molar-refractivity contribution in [1.82, 2.24) is 34.2 Å². The molecule has 2 aliphatic carbocycles. The number of likely N-dealkylation sites (N-methyl/N-ethyl adjacent to an activating group) is 2. The quantitative estimate of drug-likeness (QED) is 0.272. The monoisotopic (exact) mass is 663 g/mol. The van der Waals surface area contributed by atoms with Crippen LogP contribution in [0.4, 0.5) is 17.5 Å². The van der Waals surface area contributed by atoms with Crippen LogP contribution in [0, 0.1) is 5.92 Å². The molecule has 1 aromatic carbocycles. The molecule has 49 heavy (non-hydrogen) atoms. The number of aromatic hydroxyl groups is 1. The third-order valence-electron chi connectivity index (χ3n) is 11.5. The highest BCUT2D eigenvalue weighted by Gasteiger charge is 2.64. The summed E-state index contributed by atoms with van der Waals surface area (Å²) >= 11 is 0. The average molecular weight is 664 g/mol. The Kier molecular flexibility index (Phi) is 6.75. The number of benzene rings is 1. The number of aromatic nitrogens is 4. The molecule has 6 heterocycles. The molecule has 13 heteroatoms. The number of rotatable bonds is 5. The molecular weight excluding hydrogens is 622 g/mol. The minimum Gasteiger partial charge on any atom is -0.504 e. The van der Waals surface area contributed by atoms with Gasteiger partial charge in [0.1, 0.15) is 23.7 Å². The van der Waals surface area contributed by atoms with Crippen LogP contribution in [0.5, 0.6) is 11.5 Å². The van der Waals surface area contributed by atoms with Gasteiger partial charge in [-0.1, -0.05) is 12.2 Å². The number of aliphatic hydroxyl groups excluding tert-OH is 1. The molecule has 3 aromatic heterocycles. The molecule has 0 saturated carbocycles. The van der Waals surface area contributed by atoms with Gasteiger partial charge >= 0.3 is 0 Å². The third-order valence-corrected chi connectivity index (χ3v) is 11.5. The van der Waals surface area contributed by atoms with Crippen LogP contribution in [0.15, 0.2) is 48.8 Å². The normalized spacial score (nSPS) is 27.2. The number of phenolic OH excluding ortho intramolecular Hbond substituents is 1. The maximum absolute atomic E-state index is 13.8. The highest BCUT2D eigenvalue weighted by atomic mass is 16.5. The Morgan fingerprint density at radius 3 is 2.63 bits per heavy atom. The number of piperazine rings is 1. The number of carbonyl (C=O) groups is 1. The van der Waals surface area contributed by atoms with E-state index in [0.29, 0.717) is 46.4 Å². The van der Waals surface area contributed by atoms with Crippen molar-refractivity contribution in [3.05, 3.63) is 65.6 Å². The number of hydrogen-bond donors (Lipinski definition) is 3. The lowest BCUT2D eigenvalue weighted by atomic mass is 9.53. The number of likely N-dealkylation sites (tertiary alicyclic amines) is 1. The molecule has 5 aliphatic rings. The fourth-order valence-electron chi connectivity index (χ4n) is 9.01. The van der Waals surface area contributed by atoms with Crippen LogP contribution in [0.2, 0.25) is 0 Å². The van der Waals surface area contributed by atoms with Gasteiger partial charge < -0.3 is 39.9 Å². The van der Waals surface area contributed by atoms with Gasteiger partial charge in [0.05, 0.1) is 17.6 Å². The number of amides is 1. The summed E-state index contributed by atoms with van der Waals surface area (Å²) in [6.07, 6.45) is 7.77. The summed E-state index contributed by atoms with van der Waals surface area (Å²) in [5.41, 5.74) is 4.17. The molecule has 2 saturated heterocycles. The molecule has 0 radical (unpaired) electrons. The molecule has 3 N–H and O–H groups in total. The molecule has 2 bridgehead atoms. The lowest BCUT2D eigenvalue weighted by Gasteiger charge is -2.56. The Morgan fingerprint density at radius 1 is 1.06 bits per heavy atom. The SMILES string of the molecule is CN1CCN(c2ccc(Nc3ncc4cc(C(=O)N(C)C)n(-c5cc(O)c6c7c5C[C@@H]5[C@@H]8C=C[C@H](O)[C@H](O6)[C@]78CCN5C)c4n3)nc2)CC1. The number of ether oxygens (including phenoxy) is 1. The number of nitrogens with one attached hydrogen (secondary N) is 1. The summed E-state index contributed by atoms with van der Waals surface area (Å²) in [5, 5.41) is 26.7. The second kappa shape index (κ2) is 10.9. The summed E-state index contributed by atoms with van der Waals surface area (Å²) in [5.74, 6) is 1.31. The van der Waals surface area contributed by atoms with Crippen LogP contribution in [-0.4, -0.2) is 130 Å². The Labute approximate surface area is 284 Å². The maximum atomic E-state index is 13.8. The van der Waals surface area contributed by atoms with E-state index in [1.165, 1.54) is 0 Å². The highest BCUT2D eigenvalue weighted by molar-refractivity contribution is 5.99. The van der Waals surface area contributed by atoms with Gasteiger partial charge in [-0.25, -0.2) is 9.97 Å². The highest BCUT2D eigenvalue weighted by Crippen LogP contribution is 2.63. The van der Waals surface area contributed by atoms with Crippen molar-refractivity contribution >= 4 is 34.4 Å². The fourth-order valence-corrected chi connectivity index (χ4v) is 9.01. The van der Waals surface area contributed by atoms with E-state index in [9.17, 15) is 15.0 Å². The predicted octanol–water partition coefficient (Wildman–Crippen LogP) is 2.52. The van der Waals surface area contributed by atoms with Crippen LogP contribution < -0.4 is 15.0 Å². The van der Waals surface area contributed by atoms with Gasteiger partial charge in [-0.15, -0.1) is 0 Å². The Hall–Kier alpha value is -4.72. The topological polar surface area (TPSA) is 135 Å². The molecule has 13 nitrogen and oxygen atoms in total. The first-order valence-electron chi connectivity index (χ1n) is 17.0. The number of nitrogens with zero attached hydrogens (tertiary/aromatic N) is 8. The first-order valence-corrected chi connectivity index (χ1v) is 17.0. The van der Waals surface area contributed by atoms with Gasteiger partial charge in [0, 0.05) is 80.9 Å². The first kappa shape index (κ1) is 30.3. The van der Waals surface area contributed by atoms with Gasteiger partial charge in [-0.2, -0.15) is 4.98 Å². The lowest BCUT2D eigenvalue weighted by molar-refractivity contribution is -0.0453. The molecule has 1 amide bonds. The minimum atomic E-state index is -0.787. The first-order chi connectivity index (χ1) is 23.6. The van der Waals surface area contributed by atoms with E-state index < -0.39 is 17.6 Å². The molecule has 254 valence electrons. The summed E-state index contributed by atoms with van der Waals surface area (Å²) in [7, 11) is 7.74. The van der Waals surface area contributed by atoms with Crippen LogP contribution in [0.3, 0.4) is 0 Å². The summed E-state index contributed by atoms with van der Waals surface area (Å²) in [4.78, 5) is 36.6. The number of anilines is 3. The Bertz CT molecular complexity index is 2020. The van der Waals surface area contributed by atoms with Crippen molar-refractivity contribution in [2.75, 3.05) is 71.1 Å². The second-order valence-corrected chi connectivity index (χ2v) is 14.4. The van der Waals surface area contributed by atoms with Crippen LogP contribution in [0.25, 0.3) is 16.7 Å². The number of fused-ring (bicyclic) bond motifs is 1. The van der Waals surface area contributed by atoms with Gasteiger partial charge in [0.25, 0.3) is 5.91 Å².